The fourth-order valence-corrected chi connectivity index (χ4v) is 1.00. The molecule has 2 aromatic rings. The van der Waals surface area contributed by atoms with Gasteiger partial charge in [-0.05, 0) is 6.07 Å². The Morgan fingerprint density at radius 3 is 3.18 bits per heavy atom. The summed E-state index contributed by atoms with van der Waals surface area (Å²) in [6, 6.07) is 1.71. The molecule has 0 aliphatic carbocycles. The predicted octanol–water partition coefficient (Wildman–Crippen LogP) is -0.343. The maximum Gasteiger partial charge on any atom is 0.276 e. The fourth-order valence-electron chi connectivity index (χ4n) is 1.00. The summed E-state index contributed by atoms with van der Waals surface area (Å²) in [7, 11) is 1.82. The minimum atomic E-state index is -0.199. The standard InChI is InChI=1S/C6H6N4O/c1-10-3-2-4-5(10)7-9-8-6(4)11/h2-3H,1H3,(H,7,8,11). The molecule has 0 unspecified atom stereocenters. The second-order valence-corrected chi connectivity index (χ2v) is 2.30. The Morgan fingerprint density at radius 2 is 2.45 bits per heavy atom. The molecule has 0 saturated heterocycles. The average molecular weight is 150 g/mol. The van der Waals surface area contributed by atoms with Crippen molar-refractivity contribution in [2.45, 2.75) is 0 Å². The van der Waals surface area contributed by atoms with E-state index in [1.165, 1.54) is 0 Å². The van der Waals surface area contributed by atoms with Gasteiger partial charge in [-0.15, -0.1) is 5.10 Å². The van der Waals surface area contributed by atoms with Crippen LogP contribution in [-0.2, 0) is 7.05 Å². The highest BCUT2D eigenvalue weighted by molar-refractivity contribution is 5.73. The van der Waals surface area contributed by atoms with Crippen LogP contribution in [0.5, 0.6) is 0 Å². The van der Waals surface area contributed by atoms with E-state index in [2.05, 4.69) is 15.4 Å². The van der Waals surface area contributed by atoms with Gasteiger partial charge in [0.1, 0.15) is 0 Å². The first-order valence-corrected chi connectivity index (χ1v) is 3.15. The number of hydrogen-bond acceptors (Lipinski definition) is 3. The van der Waals surface area contributed by atoms with Crippen LogP contribution in [0.1, 0.15) is 0 Å². The third-order valence-electron chi connectivity index (χ3n) is 1.58. The lowest BCUT2D eigenvalue weighted by molar-refractivity contribution is 0.836. The molecule has 56 valence electrons. The highest BCUT2D eigenvalue weighted by atomic mass is 16.1. The molecule has 0 aromatic carbocycles. The van der Waals surface area contributed by atoms with Crippen molar-refractivity contribution >= 4 is 11.0 Å². The largest absolute Gasteiger partial charge is 0.334 e. The van der Waals surface area contributed by atoms with Gasteiger partial charge in [0.15, 0.2) is 5.65 Å². The zero-order valence-electron chi connectivity index (χ0n) is 5.90. The van der Waals surface area contributed by atoms with Gasteiger partial charge in [-0.2, -0.15) is 0 Å². The summed E-state index contributed by atoms with van der Waals surface area (Å²) in [5.74, 6) is 0. The first-order chi connectivity index (χ1) is 5.29. The zero-order chi connectivity index (χ0) is 7.84. The molecule has 0 bridgehead atoms. The molecule has 0 fully saturated rings. The first-order valence-electron chi connectivity index (χ1n) is 3.15. The van der Waals surface area contributed by atoms with Gasteiger partial charge < -0.3 is 4.57 Å². The van der Waals surface area contributed by atoms with Crippen LogP contribution in [0, 0.1) is 0 Å². The fraction of sp³-hybridized carbons (Fsp3) is 0.167. The maximum absolute atomic E-state index is 11.0. The third-order valence-corrected chi connectivity index (χ3v) is 1.58. The minimum Gasteiger partial charge on any atom is -0.334 e. The molecule has 2 rings (SSSR count). The number of nitrogens with zero attached hydrogens (tertiary/aromatic N) is 3. The van der Waals surface area contributed by atoms with Gasteiger partial charge in [-0.3, -0.25) is 4.79 Å². The Kier molecular flexibility index (Phi) is 1.06. The van der Waals surface area contributed by atoms with Gasteiger partial charge >= 0.3 is 0 Å². The predicted molar refractivity (Wildman–Crippen MR) is 39.1 cm³/mol. The van der Waals surface area contributed by atoms with Gasteiger partial charge in [0.25, 0.3) is 5.56 Å². The van der Waals surface area contributed by atoms with Crippen molar-refractivity contribution in [3.05, 3.63) is 22.6 Å². The topological polar surface area (TPSA) is 63.6 Å². The van der Waals surface area contributed by atoms with Crippen LogP contribution in [-0.4, -0.2) is 20.0 Å². The van der Waals surface area contributed by atoms with Crippen molar-refractivity contribution in [2.75, 3.05) is 0 Å². The smallest absolute Gasteiger partial charge is 0.276 e. The maximum atomic E-state index is 11.0. The number of fused-ring (bicyclic) bond motifs is 1. The zero-order valence-corrected chi connectivity index (χ0v) is 5.90. The van der Waals surface area contributed by atoms with Gasteiger partial charge in [0.05, 0.1) is 5.39 Å². The number of H-pyrrole nitrogens is 1. The molecule has 5 nitrogen and oxygen atoms in total. The van der Waals surface area contributed by atoms with E-state index in [1.807, 2.05) is 7.05 Å². The van der Waals surface area contributed by atoms with E-state index < -0.39 is 0 Å². The Morgan fingerprint density at radius 1 is 1.64 bits per heavy atom. The molecule has 0 aliphatic rings. The number of nitrogens with one attached hydrogen (secondary N) is 1. The molecule has 0 atom stereocenters. The van der Waals surface area contributed by atoms with E-state index in [9.17, 15) is 4.79 Å². The molecule has 11 heavy (non-hydrogen) atoms. The molecule has 1 N–H and O–H groups in total. The molecule has 0 amide bonds. The third kappa shape index (κ3) is 0.739. The van der Waals surface area contributed by atoms with Crippen LogP contribution in [0.3, 0.4) is 0 Å². The van der Waals surface area contributed by atoms with Crippen LogP contribution in [0.25, 0.3) is 11.0 Å². The molecule has 0 radical (unpaired) electrons. The summed E-state index contributed by atoms with van der Waals surface area (Å²) < 4.78 is 1.75. The molecule has 2 aromatic heterocycles. The summed E-state index contributed by atoms with van der Waals surface area (Å²) >= 11 is 0. The van der Waals surface area contributed by atoms with Gasteiger partial charge in [-0.1, -0.05) is 5.21 Å². The van der Waals surface area contributed by atoms with Gasteiger partial charge in [-0.25, -0.2) is 5.10 Å². The molecule has 0 aliphatic heterocycles. The number of rotatable bonds is 0. The van der Waals surface area contributed by atoms with Crippen molar-refractivity contribution in [3.8, 4) is 0 Å². The quantitative estimate of drug-likeness (QED) is 0.558. The highest BCUT2D eigenvalue weighted by Crippen LogP contribution is 2.03. The van der Waals surface area contributed by atoms with Crippen LogP contribution in [0.2, 0.25) is 0 Å². The van der Waals surface area contributed by atoms with E-state index in [-0.39, 0.29) is 5.56 Å². The van der Waals surface area contributed by atoms with Gasteiger partial charge in [0.2, 0.25) is 0 Å². The SMILES string of the molecule is Cn1ccc2c(=O)[nH]nnc21. The van der Waals surface area contributed by atoms with Crippen LogP contribution in [0.15, 0.2) is 17.1 Å². The van der Waals surface area contributed by atoms with Crippen LogP contribution in [0.4, 0.5) is 0 Å². The average Bonchev–Trinajstić information content (AvgIpc) is 2.35. The molecular weight excluding hydrogens is 144 g/mol. The number of aryl methyl sites for hydroxylation is 1. The van der Waals surface area contributed by atoms with Crippen LogP contribution < -0.4 is 5.56 Å². The number of aromatic amines is 1. The first kappa shape index (κ1) is 6.09. The van der Waals surface area contributed by atoms with Gasteiger partial charge in [0, 0.05) is 13.2 Å². The second kappa shape index (κ2) is 1.91. The lowest BCUT2D eigenvalue weighted by Gasteiger charge is -1.89. The van der Waals surface area contributed by atoms with Crippen molar-refractivity contribution < 1.29 is 0 Å². The van der Waals surface area contributed by atoms with E-state index >= 15 is 0 Å². The monoisotopic (exact) mass is 150 g/mol. The lowest BCUT2D eigenvalue weighted by atomic mass is 10.4. The number of aromatic nitrogens is 4. The summed E-state index contributed by atoms with van der Waals surface area (Å²) in [5, 5.41) is 10.0. The van der Waals surface area contributed by atoms with Crippen molar-refractivity contribution in [1.82, 2.24) is 20.0 Å². The second-order valence-electron chi connectivity index (χ2n) is 2.30. The molecule has 0 saturated carbocycles. The normalized spacial score (nSPS) is 10.6. The van der Waals surface area contributed by atoms with Crippen LogP contribution >= 0.6 is 0 Å². The Balaban J connectivity index is 3.06. The molecule has 2 heterocycles. The van der Waals surface area contributed by atoms with Crippen molar-refractivity contribution in [1.29, 1.82) is 0 Å². The molecule has 0 spiro atoms. The summed E-state index contributed by atoms with van der Waals surface area (Å²) in [6.07, 6.45) is 1.77. The Labute approximate surface area is 61.7 Å². The van der Waals surface area contributed by atoms with E-state index in [0.717, 1.165) is 0 Å². The molecule has 5 heteroatoms. The van der Waals surface area contributed by atoms with Crippen molar-refractivity contribution in [2.24, 2.45) is 7.05 Å². The lowest BCUT2D eigenvalue weighted by Crippen LogP contribution is -2.09. The minimum absolute atomic E-state index is 0.199. The van der Waals surface area contributed by atoms with E-state index in [4.69, 9.17) is 0 Å². The molecular formula is C6H6N4O. The van der Waals surface area contributed by atoms with E-state index in [1.54, 1.807) is 16.8 Å². The summed E-state index contributed by atoms with van der Waals surface area (Å²) in [4.78, 5) is 11.0. The summed E-state index contributed by atoms with van der Waals surface area (Å²) in [5.41, 5.74) is 0.407. The Hall–Kier alpha value is -1.65. The Bertz CT molecular complexity index is 441. The summed E-state index contributed by atoms with van der Waals surface area (Å²) in [6.45, 7) is 0. The van der Waals surface area contributed by atoms with Crippen molar-refractivity contribution in [3.63, 3.8) is 0 Å². The highest BCUT2D eigenvalue weighted by Gasteiger charge is 2.01. The van der Waals surface area contributed by atoms with E-state index in [0.29, 0.717) is 11.0 Å². The number of hydrogen-bond donors (Lipinski definition) is 1.